The number of halogens is 1. The SMILES string of the molecule is CN(Cc1ccc(F)cc1)C(=O)c1ccc(S(=O)(=O)NCc2ccco2)cc1. The Bertz CT molecular complexity index is 1030. The Labute approximate surface area is 162 Å². The van der Waals surface area contributed by atoms with Gasteiger partial charge in [-0.3, -0.25) is 4.79 Å². The van der Waals surface area contributed by atoms with Crippen LogP contribution in [-0.4, -0.2) is 26.3 Å². The largest absolute Gasteiger partial charge is 0.468 e. The van der Waals surface area contributed by atoms with Crippen molar-refractivity contribution in [2.75, 3.05) is 7.05 Å². The van der Waals surface area contributed by atoms with Crippen molar-refractivity contribution in [2.45, 2.75) is 18.0 Å². The van der Waals surface area contributed by atoms with Crippen LogP contribution >= 0.6 is 0 Å². The van der Waals surface area contributed by atoms with Crippen LogP contribution < -0.4 is 4.72 Å². The molecule has 3 rings (SSSR count). The van der Waals surface area contributed by atoms with E-state index in [4.69, 9.17) is 4.42 Å². The minimum absolute atomic E-state index is 0.0381. The molecule has 0 fully saturated rings. The summed E-state index contributed by atoms with van der Waals surface area (Å²) in [7, 11) is -2.10. The van der Waals surface area contributed by atoms with Gasteiger partial charge in [0.25, 0.3) is 5.91 Å². The number of sulfonamides is 1. The lowest BCUT2D eigenvalue weighted by Gasteiger charge is -2.17. The lowest BCUT2D eigenvalue weighted by atomic mass is 10.1. The molecule has 0 saturated carbocycles. The molecule has 0 spiro atoms. The second-order valence-electron chi connectivity index (χ2n) is 6.22. The van der Waals surface area contributed by atoms with Crippen molar-refractivity contribution in [1.82, 2.24) is 9.62 Å². The van der Waals surface area contributed by atoms with Crippen LogP contribution in [0.3, 0.4) is 0 Å². The van der Waals surface area contributed by atoms with Crippen LogP contribution in [0, 0.1) is 5.82 Å². The molecule has 0 saturated heterocycles. The van der Waals surface area contributed by atoms with E-state index in [1.807, 2.05) is 0 Å². The van der Waals surface area contributed by atoms with Crippen LogP contribution in [0.5, 0.6) is 0 Å². The molecule has 0 bridgehead atoms. The average Bonchev–Trinajstić information content (AvgIpc) is 3.21. The topological polar surface area (TPSA) is 79.6 Å². The van der Waals surface area contributed by atoms with Gasteiger partial charge in [0.2, 0.25) is 10.0 Å². The molecule has 1 heterocycles. The van der Waals surface area contributed by atoms with Gasteiger partial charge in [0.05, 0.1) is 17.7 Å². The van der Waals surface area contributed by atoms with Crippen molar-refractivity contribution in [3.05, 3.63) is 89.6 Å². The third kappa shape index (κ3) is 4.85. The highest BCUT2D eigenvalue weighted by Gasteiger charge is 2.17. The number of amides is 1. The van der Waals surface area contributed by atoms with Gasteiger partial charge in [-0.1, -0.05) is 12.1 Å². The van der Waals surface area contributed by atoms with E-state index in [0.29, 0.717) is 17.9 Å². The zero-order valence-electron chi connectivity index (χ0n) is 15.1. The van der Waals surface area contributed by atoms with E-state index < -0.39 is 10.0 Å². The highest BCUT2D eigenvalue weighted by atomic mass is 32.2. The van der Waals surface area contributed by atoms with E-state index >= 15 is 0 Å². The number of rotatable bonds is 7. The fourth-order valence-corrected chi connectivity index (χ4v) is 3.59. The van der Waals surface area contributed by atoms with Crippen molar-refractivity contribution in [1.29, 1.82) is 0 Å². The third-order valence-electron chi connectivity index (χ3n) is 4.11. The van der Waals surface area contributed by atoms with Gasteiger partial charge < -0.3 is 9.32 Å². The van der Waals surface area contributed by atoms with Crippen molar-refractivity contribution in [2.24, 2.45) is 0 Å². The first-order chi connectivity index (χ1) is 13.3. The van der Waals surface area contributed by atoms with E-state index in [1.165, 1.54) is 47.6 Å². The summed E-state index contributed by atoms with van der Waals surface area (Å²) in [6.45, 7) is 0.348. The highest BCUT2D eigenvalue weighted by Crippen LogP contribution is 2.14. The van der Waals surface area contributed by atoms with Crippen molar-refractivity contribution in [3.8, 4) is 0 Å². The second-order valence-corrected chi connectivity index (χ2v) is 7.98. The molecule has 1 amide bonds. The van der Waals surface area contributed by atoms with Crippen molar-refractivity contribution >= 4 is 15.9 Å². The van der Waals surface area contributed by atoms with Gasteiger partial charge in [0.15, 0.2) is 0 Å². The molecule has 2 aromatic carbocycles. The first-order valence-electron chi connectivity index (χ1n) is 8.47. The van der Waals surface area contributed by atoms with E-state index in [9.17, 15) is 17.6 Å². The molecule has 1 N–H and O–H groups in total. The molecule has 3 aromatic rings. The van der Waals surface area contributed by atoms with Gasteiger partial charge in [-0.05, 0) is 54.1 Å². The lowest BCUT2D eigenvalue weighted by molar-refractivity contribution is 0.0785. The molecule has 6 nitrogen and oxygen atoms in total. The maximum atomic E-state index is 13.0. The summed E-state index contributed by atoms with van der Waals surface area (Å²) in [6.07, 6.45) is 1.46. The van der Waals surface area contributed by atoms with E-state index in [0.717, 1.165) is 5.56 Å². The van der Waals surface area contributed by atoms with Crippen molar-refractivity contribution in [3.63, 3.8) is 0 Å². The molecule has 0 aliphatic rings. The fourth-order valence-electron chi connectivity index (χ4n) is 2.60. The molecule has 1 aromatic heterocycles. The zero-order chi connectivity index (χ0) is 20.1. The summed E-state index contributed by atoms with van der Waals surface area (Å²) in [4.78, 5) is 14.1. The second kappa shape index (κ2) is 8.37. The number of furan rings is 1. The van der Waals surface area contributed by atoms with E-state index in [-0.39, 0.29) is 23.2 Å². The molecular weight excluding hydrogens is 383 g/mol. The van der Waals surface area contributed by atoms with Crippen LogP contribution in [0.4, 0.5) is 4.39 Å². The first-order valence-corrected chi connectivity index (χ1v) is 9.95. The number of carbonyl (C=O) groups excluding carboxylic acids is 1. The summed E-state index contributed by atoms with van der Waals surface area (Å²) in [5, 5.41) is 0. The number of hydrogen-bond donors (Lipinski definition) is 1. The van der Waals surface area contributed by atoms with Crippen LogP contribution in [0.15, 0.2) is 76.2 Å². The summed E-state index contributed by atoms with van der Waals surface area (Å²) >= 11 is 0. The number of nitrogens with zero attached hydrogens (tertiary/aromatic N) is 1. The molecular formula is C20H19FN2O4S. The summed E-state index contributed by atoms with van der Waals surface area (Å²) in [5.74, 6) is -0.107. The smallest absolute Gasteiger partial charge is 0.253 e. The quantitative estimate of drug-likeness (QED) is 0.658. The molecule has 0 unspecified atom stereocenters. The maximum Gasteiger partial charge on any atom is 0.253 e. The van der Waals surface area contributed by atoms with Crippen molar-refractivity contribution < 1.29 is 22.0 Å². The number of benzene rings is 2. The maximum absolute atomic E-state index is 13.0. The molecule has 0 radical (unpaired) electrons. The Morgan fingerprint density at radius 3 is 2.36 bits per heavy atom. The Kier molecular flexibility index (Phi) is 5.91. The molecule has 28 heavy (non-hydrogen) atoms. The number of carbonyl (C=O) groups is 1. The molecule has 0 atom stereocenters. The third-order valence-corrected chi connectivity index (χ3v) is 5.52. The minimum atomic E-state index is -3.72. The Morgan fingerprint density at radius 1 is 1.07 bits per heavy atom. The molecule has 0 aliphatic heterocycles. The highest BCUT2D eigenvalue weighted by molar-refractivity contribution is 7.89. The van der Waals surface area contributed by atoms with Gasteiger partial charge >= 0.3 is 0 Å². The standard InChI is InChI=1S/C20H19FN2O4S/c1-23(14-15-4-8-17(21)9-5-15)20(24)16-6-10-19(11-7-16)28(25,26)22-13-18-3-2-12-27-18/h2-12,22H,13-14H2,1H3. The molecule has 8 heteroatoms. The number of nitrogens with one attached hydrogen (secondary N) is 1. The molecule has 0 aliphatic carbocycles. The Balaban J connectivity index is 1.65. The predicted molar refractivity (Wildman–Crippen MR) is 101 cm³/mol. The first kappa shape index (κ1) is 19.8. The van der Waals surface area contributed by atoms with E-state index in [1.54, 1.807) is 31.3 Å². The normalized spacial score (nSPS) is 11.4. The van der Waals surface area contributed by atoms with Gasteiger partial charge in [-0.25, -0.2) is 17.5 Å². The number of hydrogen-bond acceptors (Lipinski definition) is 4. The van der Waals surface area contributed by atoms with Gasteiger partial charge in [-0.2, -0.15) is 0 Å². The minimum Gasteiger partial charge on any atom is -0.468 e. The van der Waals surface area contributed by atoms with Gasteiger partial charge in [0, 0.05) is 19.2 Å². The van der Waals surface area contributed by atoms with Crippen LogP contribution in [0.25, 0.3) is 0 Å². The van der Waals surface area contributed by atoms with Gasteiger partial charge in [0.1, 0.15) is 11.6 Å². The van der Waals surface area contributed by atoms with Crippen LogP contribution in [0.1, 0.15) is 21.7 Å². The van der Waals surface area contributed by atoms with Crippen LogP contribution in [-0.2, 0) is 23.1 Å². The fraction of sp³-hybridized carbons (Fsp3) is 0.150. The monoisotopic (exact) mass is 402 g/mol. The van der Waals surface area contributed by atoms with Crippen LogP contribution in [0.2, 0.25) is 0 Å². The molecule has 146 valence electrons. The summed E-state index contributed by atoms with van der Waals surface area (Å²) in [5.41, 5.74) is 1.15. The zero-order valence-corrected chi connectivity index (χ0v) is 15.9. The summed E-state index contributed by atoms with van der Waals surface area (Å²) in [6, 6.07) is 14.9. The average molecular weight is 402 g/mol. The van der Waals surface area contributed by atoms with E-state index in [2.05, 4.69) is 4.72 Å². The Morgan fingerprint density at radius 2 is 1.75 bits per heavy atom. The van der Waals surface area contributed by atoms with Gasteiger partial charge in [-0.15, -0.1) is 0 Å². The summed E-state index contributed by atoms with van der Waals surface area (Å²) < 4.78 is 45.2. The predicted octanol–water partition coefficient (Wildman–Crippen LogP) is 3.17. The lowest BCUT2D eigenvalue weighted by Crippen LogP contribution is -2.26. The Hall–Kier alpha value is -2.97.